The number of benzene rings is 2. The molecule has 0 atom stereocenters. The van der Waals surface area contributed by atoms with Crippen LogP contribution in [0.2, 0.25) is 0 Å². The van der Waals surface area contributed by atoms with Crippen molar-refractivity contribution < 1.29 is 4.79 Å². The number of rotatable bonds is 1. The van der Waals surface area contributed by atoms with Crippen molar-refractivity contribution in [2.45, 2.75) is 0 Å². The van der Waals surface area contributed by atoms with Crippen molar-refractivity contribution in [1.29, 1.82) is 5.41 Å². The molecule has 17 heavy (non-hydrogen) atoms. The summed E-state index contributed by atoms with van der Waals surface area (Å²) in [6, 6.07) is 11.1. The van der Waals surface area contributed by atoms with Crippen molar-refractivity contribution >= 4 is 38.6 Å². The van der Waals surface area contributed by atoms with E-state index in [4.69, 9.17) is 11.1 Å². The van der Waals surface area contributed by atoms with Crippen LogP contribution < -0.4 is 11.1 Å². The van der Waals surface area contributed by atoms with E-state index in [1.54, 1.807) is 12.1 Å². The predicted molar refractivity (Wildman–Crippen MR) is 71.0 cm³/mol. The van der Waals surface area contributed by atoms with Gasteiger partial charge in [0.15, 0.2) is 5.96 Å². The van der Waals surface area contributed by atoms with Crippen molar-refractivity contribution in [3.05, 3.63) is 46.4 Å². The maximum absolute atomic E-state index is 11.6. The first-order chi connectivity index (χ1) is 8.06. The minimum Gasteiger partial charge on any atom is -0.370 e. The number of nitrogens with one attached hydrogen (secondary N) is 2. The van der Waals surface area contributed by atoms with Crippen molar-refractivity contribution in [2.24, 2.45) is 5.73 Å². The molecule has 4 N–H and O–H groups in total. The number of amides is 1. The van der Waals surface area contributed by atoms with E-state index in [2.05, 4.69) is 21.2 Å². The highest BCUT2D eigenvalue weighted by atomic mass is 79.9. The summed E-state index contributed by atoms with van der Waals surface area (Å²) in [7, 11) is 0. The molecule has 0 unspecified atom stereocenters. The SMILES string of the molecule is N=C(N)NC(=O)c1ccc2cc(Br)ccc2c1. The van der Waals surface area contributed by atoms with Gasteiger partial charge in [0.25, 0.3) is 5.91 Å². The van der Waals surface area contributed by atoms with E-state index in [0.717, 1.165) is 15.2 Å². The highest BCUT2D eigenvalue weighted by Gasteiger charge is 2.06. The first kappa shape index (κ1) is 11.6. The maximum Gasteiger partial charge on any atom is 0.257 e. The second kappa shape index (κ2) is 4.55. The Morgan fingerprint density at radius 3 is 2.53 bits per heavy atom. The molecule has 0 bridgehead atoms. The van der Waals surface area contributed by atoms with Crippen LogP contribution in [0, 0.1) is 5.41 Å². The maximum atomic E-state index is 11.6. The number of carbonyl (C=O) groups excluding carboxylic acids is 1. The summed E-state index contributed by atoms with van der Waals surface area (Å²) in [6.07, 6.45) is 0. The molecule has 0 saturated carbocycles. The minimum absolute atomic E-state index is 0.356. The van der Waals surface area contributed by atoms with Crippen LogP contribution in [0.1, 0.15) is 10.4 Å². The smallest absolute Gasteiger partial charge is 0.257 e. The Balaban J connectivity index is 2.41. The van der Waals surface area contributed by atoms with E-state index in [9.17, 15) is 4.79 Å². The lowest BCUT2D eigenvalue weighted by Crippen LogP contribution is -2.35. The van der Waals surface area contributed by atoms with Crippen LogP contribution in [0.15, 0.2) is 40.9 Å². The molecule has 0 aromatic heterocycles. The van der Waals surface area contributed by atoms with Crippen molar-refractivity contribution in [1.82, 2.24) is 5.32 Å². The number of nitrogens with two attached hydrogens (primary N) is 1. The van der Waals surface area contributed by atoms with Gasteiger partial charge in [-0.1, -0.05) is 28.1 Å². The van der Waals surface area contributed by atoms with Gasteiger partial charge < -0.3 is 5.73 Å². The third-order valence-corrected chi connectivity index (χ3v) is 2.81. The number of fused-ring (bicyclic) bond motifs is 1. The highest BCUT2D eigenvalue weighted by Crippen LogP contribution is 2.20. The van der Waals surface area contributed by atoms with Crippen LogP contribution in [0.3, 0.4) is 0 Å². The zero-order valence-corrected chi connectivity index (χ0v) is 10.4. The van der Waals surface area contributed by atoms with Gasteiger partial charge in [-0.05, 0) is 35.0 Å². The average molecular weight is 292 g/mol. The molecular formula is C12H10BrN3O. The van der Waals surface area contributed by atoms with E-state index < -0.39 is 0 Å². The van der Waals surface area contributed by atoms with Crippen LogP contribution in [-0.4, -0.2) is 11.9 Å². The fourth-order valence-corrected chi connectivity index (χ4v) is 1.93. The van der Waals surface area contributed by atoms with Crippen LogP contribution in [0.5, 0.6) is 0 Å². The topological polar surface area (TPSA) is 79.0 Å². The summed E-state index contributed by atoms with van der Waals surface area (Å²) >= 11 is 3.39. The van der Waals surface area contributed by atoms with Gasteiger partial charge in [-0.15, -0.1) is 0 Å². The standard InChI is InChI=1S/C12H10BrN3O/c13-10-4-3-7-5-9(2-1-8(7)6-10)11(17)16-12(14)15/h1-6H,(H4,14,15,16,17). The Kier molecular flexibility index (Phi) is 3.10. The minimum atomic E-state index is -0.373. The highest BCUT2D eigenvalue weighted by molar-refractivity contribution is 9.10. The van der Waals surface area contributed by atoms with E-state index >= 15 is 0 Å². The van der Waals surface area contributed by atoms with Gasteiger partial charge in [0.2, 0.25) is 0 Å². The van der Waals surface area contributed by atoms with Gasteiger partial charge in [-0.25, -0.2) is 0 Å². The fraction of sp³-hybridized carbons (Fsp3) is 0. The fourth-order valence-electron chi connectivity index (χ4n) is 1.55. The van der Waals surface area contributed by atoms with Crippen LogP contribution >= 0.6 is 15.9 Å². The number of hydrogen-bond donors (Lipinski definition) is 3. The normalized spacial score (nSPS) is 10.2. The van der Waals surface area contributed by atoms with Crippen molar-refractivity contribution in [2.75, 3.05) is 0 Å². The quantitative estimate of drug-likeness (QED) is 0.556. The lowest BCUT2D eigenvalue weighted by molar-refractivity contribution is 0.0976. The molecule has 2 rings (SSSR count). The summed E-state index contributed by atoms with van der Waals surface area (Å²) in [4.78, 5) is 11.6. The van der Waals surface area contributed by atoms with Gasteiger partial charge in [0.1, 0.15) is 0 Å². The zero-order valence-electron chi connectivity index (χ0n) is 8.83. The molecule has 2 aromatic rings. The Hall–Kier alpha value is -1.88. The zero-order chi connectivity index (χ0) is 12.4. The summed E-state index contributed by atoms with van der Waals surface area (Å²) in [5.41, 5.74) is 5.59. The molecule has 4 nitrogen and oxygen atoms in total. The van der Waals surface area contributed by atoms with Crippen LogP contribution in [0.4, 0.5) is 0 Å². The monoisotopic (exact) mass is 291 g/mol. The molecule has 0 saturated heterocycles. The Bertz CT molecular complexity index is 610. The number of hydrogen-bond acceptors (Lipinski definition) is 2. The third-order valence-electron chi connectivity index (χ3n) is 2.31. The molecule has 86 valence electrons. The third kappa shape index (κ3) is 2.62. The van der Waals surface area contributed by atoms with Crippen molar-refractivity contribution in [3.63, 3.8) is 0 Å². The molecule has 0 radical (unpaired) electrons. The van der Waals surface area contributed by atoms with Gasteiger partial charge in [-0.3, -0.25) is 15.5 Å². The number of halogens is 1. The molecule has 0 fully saturated rings. The largest absolute Gasteiger partial charge is 0.370 e. The van der Waals surface area contributed by atoms with Gasteiger partial charge in [0.05, 0.1) is 0 Å². The molecule has 0 aliphatic heterocycles. The lowest BCUT2D eigenvalue weighted by Gasteiger charge is -2.04. The molecule has 5 heteroatoms. The van der Waals surface area contributed by atoms with E-state index in [-0.39, 0.29) is 11.9 Å². The van der Waals surface area contributed by atoms with Gasteiger partial charge in [-0.2, -0.15) is 0 Å². The van der Waals surface area contributed by atoms with E-state index in [1.165, 1.54) is 0 Å². The van der Waals surface area contributed by atoms with Crippen LogP contribution in [-0.2, 0) is 0 Å². The summed E-state index contributed by atoms with van der Waals surface area (Å²) in [5, 5.41) is 11.3. The molecule has 2 aromatic carbocycles. The second-order valence-corrected chi connectivity index (χ2v) is 4.49. The van der Waals surface area contributed by atoms with E-state index in [1.807, 2.05) is 24.3 Å². The molecule has 1 amide bonds. The summed E-state index contributed by atoms with van der Waals surface area (Å²) < 4.78 is 0.992. The molecule has 0 spiro atoms. The van der Waals surface area contributed by atoms with Gasteiger partial charge in [0, 0.05) is 10.0 Å². The Morgan fingerprint density at radius 2 is 1.82 bits per heavy atom. The first-order valence-corrected chi connectivity index (χ1v) is 5.70. The Labute approximate surface area is 106 Å². The van der Waals surface area contributed by atoms with Crippen LogP contribution in [0.25, 0.3) is 10.8 Å². The van der Waals surface area contributed by atoms with Crippen molar-refractivity contribution in [3.8, 4) is 0 Å². The molecular weight excluding hydrogens is 282 g/mol. The first-order valence-electron chi connectivity index (χ1n) is 4.91. The van der Waals surface area contributed by atoms with Gasteiger partial charge >= 0.3 is 0 Å². The predicted octanol–water partition coefficient (Wildman–Crippen LogP) is 2.23. The summed E-state index contributed by atoms with van der Waals surface area (Å²) in [5.74, 6) is -0.728. The summed E-state index contributed by atoms with van der Waals surface area (Å²) in [6.45, 7) is 0. The molecule has 0 aliphatic rings. The second-order valence-electron chi connectivity index (χ2n) is 3.57. The molecule has 0 aliphatic carbocycles. The lowest BCUT2D eigenvalue weighted by atomic mass is 10.1. The van der Waals surface area contributed by atoms with E-state index in [0.29, 0.717) is 5.56 Å². The number of guanidine groups is 1. The molecule has 0 heterocycles. The Morgan fingerprint density at radius 1 is 1.18 bits per heavy atom. The number of carbonyl (C=O) groups is 1. The average Bonchev–Trinajstić information content (AvgIpc) is 2.27.